The standard InChI is InChI=1S/C17H22N4O2/c1-12-13(2)20-16(14-5-4-7-18-11-14)21-15(12)19-8-6-17(3)22-9-10-23-17/h4-5,7,11H,6,8-10H2,1-3H3,(H,19,20,21). The second kappa shape index (κ2) is 6.60. The number of aryl methyl sites for hydroxylation is 1. The highest BCUT2D eigenvalue weighted by Gasteiger charge is 2.30. The first-order valence-corrected chi connectivity index (χ1v) is 7.85. The van der Waals surface area contributed by atoms with Gasteiger partial charge in [0.15, 0.2) is 11.6 Å². The fourth-order valence-electron chi connectivity index (χ4n) is 2.53. The van der Waals surface area contributed by atoms with Crippen LogP contribution in [0.5, 0.6) is 0 Å². The minimum Gasteiger partial charge on any atom is -0.370 e. The fraction of sp³-hybridized carbons (Fsp3) is 0.471. The summed E-state index contributed by atoms with van der Waals surface area (Å²) in [5.41, 5.74) is 2.92. The molecule has 0 bridgehead atoms. The predicted octanol–water partition coefficient (Wildman–Crippen LogP) is 2.72. The number of rotatable bonds is 5. The van der Waals surface area contributed by atoms with E-state index in [0.717, 1.165) is 35.6 Å². The quantitative estimate of drug-likeness (QED) is 0.915. The smallest absolute Gasteiger partial charge is 0.167 e. The average molecular weight is 314 g/mol. The Morgan fingerprint density at radius 3 is 2.70 bits per heavy atom. The van der Waals surface area contributed by atoms with E-state index in [1.165, 1.54) is 0 Å². The highest BCUT2D eigenvalue weighted by Crippen LogP contribution is 2.24. The van der Waals surface area contributed by atoms with Gasteiger partial charge in [0.05, 0.1) is 13.2 Å². The molecule has 0 atom stereocenters. The van der Waals surface area contributed by atoms with Crippen molar-refractivity contribution >= 4 is 5.82 Å². The molecule has 3 rings (SSSR count). The van der Waals surface area contributed by atoms with Crippen molar-refractivity contribution < 1.29 is 9.47 Å². The summed E-state index contributed by atoms with van der Waals surface area (Å²) in [4.78, 5) is 13.3. The summed E-state index contributed by atoms with van der Waals surface area (Å²) in [5.74, 6) is 1.04. The maximum Gasteiger partial charge on any atom is 0.167 e. The van der Waals surface area contributed by atoms with E-state index in [1.807, 2.05) is 32.9 Å². The summed E-state index contributed by atoms with van der Waals surface area (Å²) in [6, 6.07) is 3.85. The van der Waals surface area contributed by atoms with Crippen LogP contribution in [0.25, 0.3) is 11.4 Å². The predicted molar refractivity (Wildman–Crippen MR) is 88.2 cm³/mol. The number of hydrogen-bond donors (Lipinski definition) is 1. The summed E-state index contributed by atoms with van der Waals surface area (Å²) in [6.07, 6.45) is 4.28. The highest BCUT2D eigenvalue weighted by atomic mass is 16.7. The molecule has 0 radical (unpaired) electrons. The van der Waals surface area contributed by atoms with Crippen LogP contribution in [0.1, 0.15) is 24.6 Å². The Labute approximate surface area is 136 Å². The van der Waals surface area contributed by atoms with Crippen molar-refractivity contribution in [1.82, 2.24) is 15.0 Å². The summed E-state index contributed by atoms with van der Waals surface area (Å²) >= 11 is 0. The molecular formula is C17H22N4O2. The molecule has 6 heteroatoms. The molecule has 1 saturated heterocycles. The molecule has 1 fully saturated rings. The van der Waals surface area contributed by atoms with Crippen LogP contribution in [0.15, 0.2) is 24.5 Å². The normalized spacial score (nSPS) is 16.5. The molecule has 6 nitrogen and oxygen atoms in total. The lowest BCUT2D eigenvalue weighted by atomic mass is 10.2. The zero-order chi connectivity index (χ0) is 16.3. The van der Waals surface area contributed by atoms with E-state index in [2.05, 4.69) is 20.3 Å². The number of anilines is 1. The van der Waals surface area contributed by atoms with Gasteiger partial charge in [-0.15, -0.1) is 0 Å². The zero-order valence-electron chi connectivity index (χ0n) is 13.8. The molecule has 0 spiro atoms. The molecule has 0 saturated carbocycles. The number of nitrogens with zero attached hydrogens (tertiary/aromatic N) is 3. The molecule has 23 heavy (non-hydrogen) atoms. The summed E-state index contributed by atoms with van der Waals surface area (Å²) in [5, 5.41) is 3.38. The first kappa shape index (κ1) is 15.8. The molecule has 2 aromatic rings. The van der Waals surface area contributed by atoms with Crippen molar-refractivity contribution in [3.63, 3.8) is 0 Å². The van der Waals surface area contributed by atoms with Crippen molar-refractivity contribution in [1.29, 1.82) is 0 Å². The minimum absolute atomic E-state index is 0.491. The average Bonchev–Trinajstić information content (AvgIpc) is 2.99. The molecule has 1 aliphatic rings. The van der Waals surface area contributed by atoms with Gasteiger partial charge in [0.1, 0.15) is 5.82 Å². The van der Waals surface area contributed by atoms with Gasteiger partial charge in [-0.2, -0.15) is 0 Å². The first-order valence-electron chi connectivity index (χ1n) is 7.85. The van der Waals surface area contributed by atoms with Gasteiger partial charge < -0.3 is 14.8 Å². The maximum atomic E-state index is 5.62. The molecule has 2 aromatic heterocycles. The summed E-state index contributed by atoms with van der Waals surface area (Å²) in [6.45, 7) is 8.03. The topological polar surface area (TPSA) is 69.2 Å². The van der Waals surface area contributed by atoms with E-state index in [0.29, 0.717) is 19.0 Å². The second-order valence-electron chi connectivity index (χ2n) is 5.86. The molecule has 1 N–H and O–H groups in total. The lowest BCUT2D eigenvalue weighted by Gasteiger charge is -2.22. The van der Waals surface area contributed by atoms with Gasteiger partial charge in [0.25, 0.3) is 0 Å². The Kier molecular flexibility index (Phi) is 4.54. The van der Waals surface area contributed by atoms with Crippen LogP contribution in [0.2, 0.25) is 0 Å². The van der Waals surface area contributed by atoms with E-state index < -0.39 is 5.79 Å². The van der Waals surface area contributed by atoms with Gasteiger partial charge in [-0.3, -0.25) is 4.98 Å². The molecule has 0 aliphatic carbocycles. The van der Waals surface area contributed by atoms with Gasteiger partial charge in [0, 0.05) is 42.2 Å². The van der Waals surface area contributed by atoms with Crippen LogP contribution in [0, 0.1) is 13.8 Å². The van der Waals surface area contributed by atoms with Crippen LogP contribution in [-0.2, 0) is 9.47 Å². The second-order valence-corrected chi connectivity index (χ2v) is 5.86. The largest absolute Gasteiger partial charge is 0.370 e. The van der Waals surface area contributed by atoms with Gasteiger partial charge in [-0.05, 0) is 32.9 Å². The van der Waals surface area contributed by atoms with Crippen molar-refractivity contribution in [2.24, 2.45) is 0 Å². The van der Waals surface area contributed by atoms with E-state index >= 15 is 0 Å². The first-order chi connectivity index (χ1) is 11.1. The molecule has 1 aliphatic heterocycles. The Balaban J connectivity index is 1.75. The third kappa shape index (κ3) is 3.65. The van der Waals surface area contributed by atoms with Gasteiger partial charge in [-0.25, -0.2) is 9.97 Å². The van der Waals surface area contributed by atoms with Gasteiger partial charge in [-0.1, -0.05) is 0 Å². The molecule has 0 aromatic carbocycles. The zero-order valence-corrected chi connectivity index (χ0v) is 13.8. The van der Waals surface area contributed by atoms with Crippen molar-refractivity contribution in [2.75, 3.05) is 25.1 Å². The maximum absolute atomic E-state index is 5.62. The monoisotopic (exact) mass is 314 g/mol. The third-order valence-electron chi connectivity index (χ3n) is 4.08. The number of pyridine rings is 1. The Hall–Kier alpha value is -2.05. The molecule has 3 heterocycles. The van der Waals surface area contributed by atoms with E-state index in [4.69, 9.17) is 9.47 Å². The highest BCUT2D eigenvalue weighted by molar-refractivity contribution is 5.58. The van der Waals surface area contributed by atoms with Crippen molar-refractivity contribution in [3.8, 4) is 11.4 Å². The number of aromatic nitrogens is 3. The van der Waals surface area contributed by atoms with Crippen molar-refractivity contribution in [2.45, 2.75) is 33.0 Å². The number of nitrogens with one attached hydrogen (secondary N) is 1. The molecular weight excluding hydrogens is 292 g/mol. The lowest BCUT2D eigenvalue weighted by Crippen LogP contribution is -2.28. The van der Waals surface area contributed by atoms with Crippen LogP contribution >= 0.6 is 0 Å². The van der Waals surface area contributed by atoms with E-state index in [-0.39, 0.29) is 0 Å². The Bertz CT molecular complexity index is 670. The van der Waals surface area contributed by atoms with Crippen LogP contribution in [0.3, 0.4) is 0 Å². The summed E-state index contributed by atoms with van der Waals surface area (Å²) in [7, 11) is 0. The number of hydrogen-bond acceptors (Lipinski definition) is 6. The number of ether oxygens (including phenoxy) is 2. The van der Waals surface area contributed by atoms with Crippen molar-refractivity contribution in [3.05, 3.63) is 35.8 Å². The molecule has 0 unspecified atom stereocenters. The fourth-order valence-corrected chi connectivity index (χ4v) is 2.53. The SMILES string of the molecule is Cc1nc(-c2cccnc2)nc(NCCC2(C)OCCO2)c1C. The molecule has 122 valence electrons. The lowest BCUT2D eigenvalue weighted by molar-refractivity contribution is -0.144. The van der Waals surface area contributed by atoms with Gasteiger partial charge >= 0.3 is 0 Å². The minimum atomic E-state index is -0.491. The summed E-state index contributed by atoms with van der Waals surface area (Å²) < 4.78 is 11.2. The van der Waals surface area contributed by atoms with E-state index in [1.54, 1.807) is 12.4 Å². The van der Waals surface area contributed by atoms with Crippen LogP contribution in [-0.4, -0.2) is 40.5 Å². The van der Waals surface area contributed by atoms with Gasteiger partial charge in [0.2, 0.25) is 0 Å². The molecule has 0 amide bonds. The van der Waals surface area contributed by atoms with E-state index in [9.17, 15) is 0 Å². The third-order valence-corrected chi connectivity index (χ3v) is 4.08. The van der Waals surface area contributed by atoms with Crippen LogP contribution < -0.4 is 5.32 Å². The Morgan fingerprint density at radius 1 is 1.22 bits per heavy atom. The Morgan fingerprint density at radius 2 is 2.00 bits per heavy atom. The van der Waals surface area contributed by atoms with Crippen LogP contribution in [0.4, 0.5) is 5.82 Å².